The van der Waals surface area contributed by atoms with Crippen LogP contribution in [0.4, 0.5) is 0 Å². The average molecular weight is 269 g/mol. The fourth-order valence-corrected chi connectivity index (χ4v) is 2.92. The quantitative estimate of drug-likeness (QED) is 0.751. The van der Waals surface area contributed by atoms with Crippen LogP contribution in [0.25, 0.3) is 0 Å². The van der Waals surface area contributed by atoms with Gasteiger partial charge in [-0.05, 0) is 56.9 Å². The summed E-state index contributed by atoms with van der Waals surface area (Å²) in [5.41, 5.74) is -0.425. The highest BCUT2D eigenvalue weighted by Crippen LogP contribution is 2.36. The fraction of sp³-hybridized carbons (Fsp3) is 0.938. The van der Waals surface area contributed by atoms with Crippen LogP contribution in [-0.4, -0.2) is 24.7 Å². The molecule has 1 aliphatic carbocycles. The second-order valence-corrected chi connectivity index (χ2v) is 6.66. The van der Waals surface area contributed by atoms with E-state index in [1.54, 1.807) is 0 Å². The number of esters is 1. The molecular formula is C16H31NO2. The number of hydrogen-bond acceptors (Lipinski definition) is 3. The minimum atomic E-state index is -0.425. The molecular weight excluding hydrogens is 238 g/mol. The fourth-order valence-electron chi connectivity index (χ4n) is 2.92. The van der Waals surface area contributed by atoms with Crippen molar-refractivity contribution in [2.45, 2.75) is 65.8 Å². The van der Waals surface area contributed by atoms with Gasteiger partial charge in [0, 0.05) is 0 Å². The highest BCUT2D eigenvalue weighted by atomic mass is 16.5. The molecule has 0 saturated heterocycles. The second-order valence-electron chi connectivity index (χ2n) is 6.66. The highest BCUT2D eigenvalue weighted by molar-refractivity contribution is 5.81. The number of carbonyl (C=O) groups is 1. The van der Waals surface area contributed by atoms with Gasteiger partial charge in [0.05, 0.1) is 6.61 Å². The van der Waals surface area contributed by atoms with Gasteiger partial charge >= 0.3 is 5.97 Å². The Morgan fingerprint density at radius 1 is 1.26 bits per heavy atom. The average Bonchev–Trinajstić information content (AvgIpc) is 2.37. The second kappa shape index (κ2) is 7.28. The monoisotopic (exact) mass is 269 g/mol. The largest absolute Gasteiger partial charge is 0.465 e. The van der Waals surface area contributed by atoms with E-state index in [9.17, 15) is 4.79 Å². The molecule has 0 spiro atoms. The highest BCUT2D eigenvalue weighted by Gasteiger charge is 2.43. The lowest BCUT2D eigenvalue weighted by Gasteiger charge is -2.40. The van der Waals surface area contributed by atoms with Crippen LogP contribution in [0.2, 0.25) is 0 Å². The van der Waals surface area contributed by atoms with Gasteiger partial charge in [-0.25, -0.2) is 0 Å². The Labute approximate surface area is 118 Å². The third kappa shape index (κ3) is 4.48. The van der Waals surface area contributed by atoms with Crippen LogP contribution >= 0.6 is 0 Å². The van der Waals surface area contributed by atoms with E-state index in [-0.39, 0.29) is 5.97 Å². The third-order valence-electron chi connectivity index (χ3n) is 4.34. The van der Waals surface area contributed by atoms with E-state index in [0.29, 0.717) is 18.4 Å². The maximum absolute atomic E-state index is 12.3. The molecule has 0 bridgehead atoms. The van der Waals surface area contributed by atoms with Crippen LogP contribution in [-0.2, 0) is 9.53 Å². The van der Waals surface area contributed by atoms with Gasteiger partial charge in [0.15, 0.2) is 0 Å². The molecule has 0 aromatic heterocycles. The van der Waals surface area contributed by atoms with Gasteiger partial charge in [0.25, 0.3) is 0 Å². The van der Waals surface area contributed by atoms with Crippen LogP contribution in [0.1, 0.15) is 60.3 Å². The Morgan fingerprint density at radius 2 is 1.84 bits per heavy atom. The van der Waals surface area contributed by atoms with Gasteiger partial charge in [-0.2, -0.15) is 0 Å². The Hall–Kier alpha value is -0.570. The summed E-state index contributed by atoms with van der Waals surface area (Å²) in [6.07, 6.45) is 4.09. The van der Waals surface area contributed by atoms with Crippen LogP contribution in [0.15, 0.2) is 0 Å². The molecule has 0 heterocycles. The van der Waals surface area contributed by atoms with Crippen molar-refractivity contribution >= 4 is 5.97 Å². The number of carbonyl (C=O) groups excluding carboxylic acids is 1. The maximum atomic E-state index is 12.3. The molecule has 19 heavy (non-hydrogen) atoms. The smallest absolute Gasteiger partial charge is 0.326 e. The summed E-state index contributed by atoms with van der Waals surface area (Å²) in [7, 11) is 0. The molecule has 1 rings (SSSR count). The van der Waals surface area contributed by atoms with Crippen molar-refractivity contribution in [2.24, 2.45) is 17.8 Å². The molecule has 1 aliphatic rings. The first kappa shape index (κ1) is 16.5. The molecule has 0 aromatic rings. The van der Waals surface area contributed by atoms with Crippen molar-refractivity contribution in [3.05, 3.63) is 0 Å². The van der Waals surface area contributed by atoms with Crippen molar-refractivity contribution in [1.29, 1.82) is 0 Å². The maximum Gasteiger partial charge on any atom is 0.326 e. The Balaban J connectivity index is 2.69. The lowest BCUT2D eigenvalue weighted by atomic mass is 9.72. The summed E-state index contributed by atoms with van der Waals surface area (Å²) < 4.78 is 5.31. The molecule has 1 N–H and O–H groups in total. The van der Waals surface area contributed by atoms with E-state index in [2.05, 4.69) is 33.0 Å². The molecule has 0 radical (unpaired) electrons. The first-order valence-corrected chi connectivity index (χ1v) is 7.83. The minimum Gasteiger partial charge on any atom is -0.465 e. The zero-order chi connectivity index (χ0) is 14.5. The van der Waals surface area contributed by atoms with E-state index in [0.717, 1.165) is 38.1 Å². The lowest BCUT2D eigenvalue weighted by molar-refractivity contribution is -0.153. The molecule has 3 nitrogen and oxygen atoms in total. The summed E-state index contributed by atoms with van der Waals surface area (Å²) in [5.74, 6) is 1.97. The zero-order valence-electron chi connectivity index (χ0n) is 13.3. The summed E-state index contributed by atoms with van der Waals surface area (Å²) in [4.78, 5) is 12.3. The van der Waals surface area contributed by atoms with E-state index >= 15 is 0 Å². The predicted octanol–water partition coefficient (Wildman–Crippen LogP) is 3.38. The molecule has 1 fully saturated rings. The van der Waals surface area contributed by atoms with Crippen molar-refractivity contribution in [2.75, 3.05) is 13.2 Å². The van der Waals surface area contributed by atoms with Gasteiger partial charge in [-0.1, -0.05) is 27.7 Å². The zero-order valence-corrected chi connectivity index (χ0v) is 13.3. The summed E-state index contributed by atoms with van der Waals surface area (Å²) >= 11 is 0. The van der Waals surface area contributed by atoms with E-state index in [4.69, 9.17) is 4.74 Å². The van der Waals surface area contributed by atoms with Crippen molar-refractivity contribution in [3.63, 3.8) is 0 Å². The molecule has 0 aromatic carbocycles. The Kier molecular flexibility index (Phi) is 6.31. The van der Waals surface area contributed by atoms with Crippen molar-refractivity contribution in [1.82, 2.24) is 5.32 Å². The number of nitrogens with one attached hydrogen (secondary N) is 1. The summed E-state index contributed by atoms with van der Waals surface area (Å²) in [5, 5.41) is 3.50. The molecule has 3 heteroatoms. The summed E-state index contributed by atoms with van der Waals surface area (Å²) in [6.45, 7) is 12.1. The first-order valence-electron chi connectivity index (χ1n) is 7.83. The number of ether oxygens (including phenoxy) is 1. The number of rotatable bonds is 6. The third-order valence-corrected chi connectivity index (χ3v) is 4.34. The van der Waals surface area contributed by atoms with Crippen molar-refractivity contribution in [3.8, 4) is 0 Å². The minimum absolute atomic E-state index is 0.0437. The van der Waals surface area contributed by atoms with Crippen LogP contribution in [0.5, 0.6) is 0 Å². The molecule has 0 unspecified atom stereocenters. The molecule has 0 atom stereocenters. The Bertz CT molecular complexity index is 278. The molecule has 0 aliphatic heterocycles. The van der Waals surface area contributed by atoms with Crippen LogP contribution in [0, 0.1) is 17.8 Å². The van der Waals surface area contributed by atoms with Crippen LogP contribution in [0.3, 0.4) is 0 Å². The van der Waals surface area contributed by atoms with Crippen molar-refractivity contribution < 1.29 is 9.53 Å². The van der Waals surface area contributed by atoms with Gasteiger partial charge in [0.2, 0.25) is 0 Å². The predicted molar refractivity (Wildman–Crippen MR) is 79.0 cm³/mol. The lowest BCUT2D eigenvalue weighted by Crippen LogP contribution is -2.56. The molecule has 1 saturated carbocycles. The summed E-state index contributed by atoms with van der Waals surface area (Å²) in [6, 6.07) is 0. The van der Waals surface area contributed by atoms with Gasteiger partial charge in [-0.3, -0.25) is 4.79 Å². The molecule has 0 amide bonds. The number of hydrogen-bond donors (Lipinski definition) is 1. The van der Waals surface area contributed by atoms with Gasteiger partial charge < -0.3 is 10.1 Å². The topological polar surface area (TPSA) is 38.3 Å². The van der Waals surface area contributed by atoms with E-state index < -0.39 is 5.54 Å². The Morgan fingerprint density at radius 3 is 2.26 bits per heavy atom. The van der Waals surface area contributed by atoms with E-state index in [1.165, 1.54) is 0 Å². The van der Waals surface area contributed by atoms with Crippen LogP contribution < -0.4 is 5.32 Å². The SMILES string of the molecule is CCOC(=O)C1(NCC(C)C)CCC(C(C)C)CC1. The van der Waals surface area contributed by atoms with E-state index in [1.807, 2.05) is 6.92 Å². The van der Waals surface area contributed by atoms with Gasteiger partial charge in [-0.15, -0.1) is 0 Å². The normalized spacial score (nSPS) is 27.8. The standard InChI is InChI=1S/C16H31NO2/c1-6-19-15(18)16(17-11-12(2)3)9-7-14(8-10-16)13(4)5/h12-14,17H,6-11H2,1-5H3. The molecule has 112 valence electrons. The first-order chi connectivity index (χ1) is 8.91. The van der Waals surface area contributed by atoms with Gasteiger partial charge in [0.1, 0.15) is 5.54 Å².